The van der Waals surface area contributed by atoms with E-state index in [-0.39, 0.29) is 23.2 Å². The highest BCUT2D eigenvalue weighted by atomic mass is 19.1. The number of anilines is 4. The normalized spacial score (nSPS) is 13.4. The standard InChI is InChI=1S/C38H47FN6O6/c1-7-21-49-31-23-28(39)12-13-30(31)45(38(46)51-35-26(2)10-8-11-27(35)3)34-14-15-40-37(42-34)41-29-24-32(47-5)36(48-6)33(25-29)50-22-9-16-44-19-17-43(4)18-20-44/h8,10-15,23-25H,7,9,16-22H2,1-6H3,(H,40,41,42). The molecule has 0 unspecified atom stereocenters. The van der Waals surface area contributed by atoms with Crippen LogP contribution in [0.2, 0.25) is 0 Å². The molecule has 13 heteroatoms. The number of nitrogens with zero attached hydrogens (tertiary/aromatic N) is 5. The van der Waals surface area contributed by atoms with E-state index in [9.17, 15) is 9.18 Å². The van der Waals surface area contributed by atoms with Gasteiger partial charge in [-0.1, -0.05) is 25.1 Å². The molecule has 1 saturated heterocycles. The van der Waals surface area contributed by atoms with Crippen molar-refractivity contribution in [2.75, 3.05) is 77.4 Å². The van der Waals surface area contributed by atoms with Crippen molar-refractivity contribution in [1.82, 2.24) is 19.8 Å². The number of aromatic nitrogens is 2. The SMILES string of the molecule is CCCOc1cc(F)ccc1N(C(=O)Oc1c(C)cccc1C)c1ccnc(Nc2cc(OC)c(OC)c(OCCCN3CCN(C)CC3)c2)n1. The van der Waals surface area contributed by atoms with Gasteiger partial charge in [0.2, 0.25) is 11.7 Å². The number of halogens is 1. The summed E-state index contributed by atoms with van der Waals surface area (Å²) in [6, 6.07) is 14.6. The van der Waals surface area contributed by atoms with E-state index in [1.807, 2.05) is 39.0 Å². The second-order valence-corrected chi connectivity index (χ2v) is 12.3. The maximum Gasteiger partial charge on any atom is 0.425 e. The number of piperazine rings is 1. The highest BCUT2D eigenvalue weighted by Crippen LogP contribution is 2.41. The zero-order valence-electron chi connectivity index (χ0n) is 30.2. The molecule has 0 saturated carbocycles. The Morgan fingerprint density at radius 3 is 2.33 bits per heavy atom. The fourth-order valence-corrected chi connectivity index (χ4v) is 5.72. The van der Waals surface area contributed by atoms with Crippen LogP contribution in [0, 0.1) is 19.7 Å². The number of hydrogen-bond acceptors (Lipinski definition) is 11. The summed E-state index contributed by atoms with van der Waals surface area (Å²) in [4.78, 5) is 29.2. The van der Waals surface area contributed by atoms with Crippen LogP contribution < -0.4 is 33.9 Å². The van der Waals surface area contributed by atoms with Crippen molar-refractivity contribution in [3.05, 3.63) is 77.7 Å². The Labute approximate surface area is 299 Å². The Balaban J connectivity index is 1.43. The average Bonchev–Trinajstić information content (AvgIpc) is 3.12. The van der Waals surface area contributed by atoms with Crippen molar-refractivity contribution in [3.63, 3.8) is 0 Å². The molecular weight excluding hydrogens is 655 g/mol. The van der Waals surface area contributed by atoms with Gasteiger partial charge in [0.1, 0.15) is 23.1 Å². The first-order valence-electron chi connectivity index (χ1n) is 17.1. The molecule has 0 atom stereocenters. The number of para-hydroxylation sites is 1. The summed E-state index contributed by atoms with van der Waals surface area (Å²) in [5.74, 6) is 1.82. The quantitative estimate of drug-likeness (QED) is 0.128. The lowest BCUT2D eigenvalue weighted by Gasteiger charge is -2.32. The minimum absolute atomic E-state index is 0.164. The Kier molecular flexibility index (Phi) is 12.9. The third-order valence-electron chi connectivity index (χ3n) is 8.45. The Morgan fingerprint density at radius 2 is 1.63 bits per heavy atom. The minimum Gasteiger partial charge on any atom is -0.493 e. The van der Waals surface area contributed by atoms with Gasteiger partial charge >= 0.3 is 6.09 Å². The van der Waals surface area contributed by atoms with Crippen molar-refractivity contribution >= 4 is 29.2 Å². The number of hydrogen-bond donors (Lipinski definition) is 1. The van der Waals surface area contributed by atoms with Gasteiger partial charge in [0.25, 0.3) is 0 Å². The summed E-state index contributed by atoms with van der Waals surface area (Å²) in [6.45, 7) is 11.6. The molecule has 2 heterocycles. The highest BCUT2D eigenvalue weighted by molar-refractivity contribution is 5.98. The van der Waals surface area contributed by atoms with Gasteiger partial charge in [-0.25, -0.2) is 19.1 Å². The van der Waals surface area contributed by atoms with Crippen molar-refractivity contribution < 1.29 is 32.9 Å². The third kappa shape index (κ3) is 9.56. The fraction of sp³-hybridized carbons (Fsp3) is 0.395. The molecule has 0 aliphatic carbocycles. The van der Waals surface area contributed by atoms with Gasteiger partial charge in [-0.3, -0.25) is 0 Å². The molecule has 1 aliphatic rings. The van der Waals surface area contributed by atoms with Crippen LogP contribution in [0.25, 0.3) is 0 Å². The number of aryl methyl sites for hydroxylation is 2. The van der Waals surface area contributed by atoms with E-state index in [0.29, 0.717) is 48.3 Å². The zero-order chi connectivity index (χ0) is 36.3. The summed E-state index contributed by atoms with van der Waals surface area (Å²) in [5.41, 5.74) is 2.38. The number of methoxy groups -OCH3 is 2. The molecule has 1 fully saturated rings. The van der Waals surface area contributed by atoms with Gasteiger partial charge in [0.15, 0.2) is 11.5 Å². The Bertz CT molecular complexity index is 1760. The number of rotatable bonds is 15. The molecule has 0 bridgehead atoms. The summed E-state index contributed by atoms with van der Waals surface area (Å²) < 4.78 is 43.8. The molecule has 3 aromatic carbocycles. The van der Waals surface area contributed by atoms with Crippen LogP contribution in [0.3, 0.4) is 0 Å². The summed E-state index contributed by atoms with van der Waals surface area (Å²) in [6.07, 6.45) is 2.27. The molecule has 0 spiro atoms. The minimum atomic E-state index is -0.761. The van der Waals surface area contributed by atoms with Gasteiger partial charge in [0, 0.05) is 68.9 Å². The molecule has 4 aromatic rings. The third-order valence-corrected chi connectivity index (χ3v) is 8.45. The maximum atomic E-state index is 14.5. The topological polar surface area (TPSA) is 111 Å². The first-order valence-corrected chi connectivity index (χ1v) is 17.1. The molecule has 5 rings (SSSR count). The van der Waals surface area contributed by atoms with E-state index < -0.39 is 11.9 Å². The number of carbonyl (C=O) groups is 1. The predicted octanol–water partition coefficient (Wildman–Crippen LogP) is 7.14. The van der Waals surface area contributed by atoms with Gasteiger partial charge in [-0.15, -0.1) is 0 Å². The largest absolute Gasteiger partial charge is 0.493 e. The van der Waals surface area contributed by atoms with Crippen LogP contribution in [-0.4, -0.2) is 93.1 Å². The Morgan fingerprint density at radius 1 is 0.902 bits per heavy atom. The average molecular weight is 703 g/mol. The van der Waals surface area contributed by atoms with Crippen LogP contribution in [0.4, 0.5) is 32.3 Å². The van der Waals surface area contributed by atoms with Crippen LogP contribution in [0.1, 0.15) is 30.9 Å². The van der Waals surface area contributed by atoms with Crippen molar-refractivity contribution in [3.8, 4) is 28.7 Å². The number of nitrogens with one attached hydrogen (secondary N) is 1. The summed E-state index contributed by atoms with van der Waals surface area (Å²) in [5, 5.41) is 3.21. The lowest BCUT2D eigenvalue weighted by molar-refractivity contribution is 0.145. The molecule has 1 N–H and O–H groups in total. The first-order chi connectivity index (χ1) is 24.7. The Hall–Kier alpha value is -5.14. The van der Waals surface area contributed by atoms with Gasteiger partial charge < -0.3 is 38.8 Å². The number of ether oxygens (including phenoxy) is 5. The predicted molar refractivity (Wildman–Crippen MR) is 195 cm³/mol. The lowest BCUT2D eigenvalue weighted by Crippen LogP contribution is -2.44. The van der Waals surface area contributed by atoms with Crippen LogP contribution >= 0.6 is 0 Å². The fourth-order valence-electron chi connectivity index (χ4n) is 5.72. The van der Waals surface area contributed by atoms with E-state index in [0.717, 1.165) is 50.3 Å². The number of carbonyl (C=O) groups excluding carboxylic acids is 1. The number of likely N-dealkylation sites (N-methyl/N-ethyl adjacent to an activating group) is 1. The number of benzene rings is 3. The maximum absolute atomic E-state index is 14.5. The highest BCUT2D eigenvalue weighted by Gasteiger charge is 2.27. The van der Waals surface area contributed by atoms with Gasteiger partial charge in [-0.05, 0) is 57.0 Å². The molecule has 12 nitrogen and oxygen atoms in total. The second kappa shape index (κ2) is 17.7. The van der Waals surface area contributed by atoms with Crippen LogP contribution in [0.15, 0.2) is 60.8 Å². The van der Waals surface area contributed by atoms with E-state index in [1.54, 1.807) is 32.4 Å². The van der Waals surface area contributed by atoms with Crippen LogP contribution in [0.5, 0.6) is 28.7 Å². The van der Waals surface area contributed by atoms with Crippen molar-refractivity contribution in [2.45, 2.75) is 33.6 Å². The monoisotopic (exact) mass is 702 g/mol. The zero-order valence-corrected chi connectivity index (χ0v) is 30.2. The molecule has 1 aromatic heterocycles. The van der Waals surface area contributed by atoms with Crippen molar-refractivity contribution in [1.29, 1.82) is 0 Å². The first kappa shape index (κ1) is 37.1. The van der Waals surface area contributed by atoms with Crippen LogP contribution in [-0.2, 0) is 0 Å². The van der Waals surface area contributed by atoms with E-state index >= 15 is 0 Å². The molecule has 272 valence electrons. The molecule has 51 heavy (non-hydrogen) atoms. The van der Waals surface area contributed by atoms with Gasteiger partial charge in [0.05, 0.1) is 33.1 Å². The van der Waals surface area contributed by atoms with E-state index in [2.05, 4.69) is 32.1 Å². The molecule has 0 radical (unpaired) electrons. The molecule has 1 aliphatic heterocycles. The van der Waals surface area contributed by atoms with Gasteiger partial charge in [-0.2, -0.15) is 4.98 Å². The lowest BCUT2D eigenvalue weighted by atomic mass is 10.1. The van der Waals surface area contributed by atoms with Crippen molar-refractivity contribution in [2.24, 2.45) is 0 Å². The molecular formula is C38H47FN6O6. The number of amides is 1. The van der Waals surface area contributed by atoms with E-state index in [1.165, 1.54) is 29.3 Å². The molecule has 1 amide bonds. The smallest absolute Gasteiger partial charge is 0.425 e. The second-order valence-electron chi connectivity index (χ2n) is 12.3. The summed E-state index contributed by atoms with van der Waals surface area (Å²) in [7, 11) is 5.26. The van der Waals surface area contributed by atoms with E-state index in [4.69, 9.17) is 23.7 Å². The summed E-state index contributed by atoms with van der Waals surface area (Å²) >= 11 is 0.